The number of hydrogen-bond donors (Lipinski definition) is 1. The minimum absolute atomic E-state index is 0.480. The first-order valence-corrected chi connectivity index (χ1v) is 7.27. The molecule has 0 aliphatic heterocycles. The third-order valence-corrected chi connectivity index (χ3v) is 3.70. The molecule has 108 valence electrons. The molecule has 0 saturated heterocycles. The lowest BCUT2D eigenvalue weighted by Gasteiger charge is -2.12. The van der Waals surface area contributed by atoms with Gasteiger partial charge in [0, 0.05) is 25.0 Å². The number of aromatic nitrogens is 2. The van der Waals surface area contributed by atoms with Gasteiger partial charge in [0.25, 0.3) is 0 Å². The Morgan fingerprint density at radius 2 is 2.20 bits per heavy atom. The van der Waals surface area contributed by atoms with Gasteiger partial charge in [-0.3, -0.25) is 4.68 Å². The van der Waals surface area contributed by atoms with E-state index in [9.17, 15) is 0 Å². The van der Waals surface area contributed by atoms with E-state index in [4.69, 9.17) is 0 Å². The summed E-state index contributed by atoms with van der Waals surface area (Å²) < 4.78 is 1.96. The van der Waals surface area contributed by atoms with Crippen molar-refractivity contribution in [3.05, 3.63) is 41.6 Å². The van der Waals surface area contributed by atoms with E-state index in [0.717, 1.165) is 25.1 Å². The third kappa shape index (κ3) is 3.48. The van der Waals surface area contributed by atoms with E-state index >= 15 is 0 Å². The van der Waals surface area contributed by atoms with Crippen LogP contribution in [0, 0.1) is 6.92 Å². The molecule has 0 fully saturated rings. The molecule has 2 rings (SSSR count). The highest BCUT2D eigenvalue weighted by Gasteiger charge is 2.09. The van der Waals surface area contributed by atoms with Crippen LogP contribution in [0.25, 0.3) is 10.9 Å². The average molecular weight is 271 g/mol. The third-order valence-electron chi connectivity index (χ3n) is 3.70. The minimum Gasteiger partial charge on any atom is -0.309 e. The summed E-state index contributed by atoms with van der Waals surface area (Å²) in [5.41, 5.74) is 4.86. The number of nitrogens with one attached hydrogen (secondary N) is 1. The molecule has 0 aliphatic carbocycles. The first-order valence-electron chi connectivity index (χ1n) is 7.27. The summed E-state index contributed by atoms with van der Waals surface area (Å²) in [5, 5.41) is 9.45. The Bertz CT molecular complexity index is 610. The molecule has 3 nitrogen and oxygen atoms in total. The normalized spacial score (nSPS) is 12.8. The maximum atomic E-state index is 4.63. The predicted octanol–water partition coefficient (Wildman–Crippen LogP) is 3.72. The largest absolute Gasteiger partial charge is 0.309 e. The fourth-order valence-corrected chi connectivity index (χ4v) is 2.42. The van der Waals surface area contributed by atoms with Crippen molar-refractivity contribution in [2.75, 3.05) is 0 Å². The molecule has 1 aromatic carbocycles. The zero-order chi connectivity index (χ0) is 14.7. The van der Waals surface area contributed by atoms with Crippen LogP contribution in [0.3, 0.4) is 0 Å². The fraction of sp³-hybridized carbons (Fsp3) is 0.471. The first-order chi connectivity index (χ1) is 9.47. The summed E-state index contributed by atoms with van der Waals surface area (Å²) in [6.45, 7) is 11.2. The van der Waals surface area contributed by atoms with Gasteiger partial charge in [-0.25, -0.2) is 0 Å². The standard InChI is InChI=1S/C17H25N3/c1-12(2)6-8-14(4)18-11-16-15-10-13(3)7-9-17(15)20(5)19-16/h7,9-10,14,18H,1,6,8,11H2,2-5H3. The monoisotopic (exact) mass is 271 g/mol. The van der Waals surface area contributed by atoms with Crippen molar-refractivity contribution in [2.24, 2.45) is 7.05 Å². The molecule has 1 aromatic heterocycles. The maximum Gasteiger partial charge on any atom is 0.0841 e. The Labute approximate surface area is 121 Å². The maximum absolute atomic E-state index is 4.63. The van der Waals surface area contributed by atoms with E-state index in [-0.39, 0.29) is 0 Å². The van der Waals surface area contributed by atoms with E-state index in [1.54, 1.807) is 0 Å². The minimum atomic E-state index is 0.480. The van der Waals surface area contributed by atoms with Gasteiger partial charge in [-0.15, -0.1) is 6.58 Å². The van der Waals surface area contributed by atoms with Crippen LogP contribution in [0.5, 0.6) is 0 Å². The summed E-state index contributed by atoms with van der Waals surface area (Å²) >= 11 is 0. The van der Waals surface area contributed by atoms with Crippen LogP contribution in [0.1, 0.15) is 37.9 Å². The van der Waals surface area contributed by atoms with Crippen LogP contribution < -0.4 is 5.32 Å². The molecule has 20 heavy (non-hydrogen) atoms. The Morgan fingerprint density at radius 1 is 1.45 bits per heavy atom. The Kier molecular flexibility index (Phi) is 4.61. The van der Waals surface area contributed by atoms with Gasteiger partial charge in [0.15, 0.2) is 0 Å². The summed E-state index contributed by atoms with van der Waals surface area (Å²) in [5.74, 6) is 0. The molecule has 1 atom stereocenters. The predicted molar refractivity (Wildman–Crippen MR) is 85.8 cm³/mol. The van der Waals surface area contributed by atoms with Gasteiger partial charge in [-0.2, -0.15) is 5.10 Å². The molecule has 1 unspecified atom stereocenters. The van der Waals surface area contributed by atoms with Gasteiger partial charge in [0.1, 0.15) is 0 Å². The molecule has 0 radical (unpaired) electrons. The Hall–Kier alpha value is -1.61. The van der Waals surface area contributed by atoms with E-state index in [0.29, 0.717) is 6.04 Å². The van der Waals surface area contributed by atoms with Crippen molar-refractivity contribution in [3.8, 4) is 0 Å². The highest BCUT2D eigenvalue weighted by atomic mass is 15.3. The number of hydrogen-bond acceptors (Lipinski definition) is 2. The second-order valence-corrected chi connectivity index (χ2v) is 5.87. The lowest BCUT2D eigenvalue weighted by atomic mass is 10.1. The molecule has 0 amide bonds. The lowest BCUT2D eigenvalue weighted by Crippen LogP contribution is -2.25. The van der Waals surface area contributed by atoms with Crippen molar-refractivity contribution < 1.29 is 0 Å². The number of rotatable bonds is 6. The first kappa shape index (κ1) is 14.8. The van der Waals surface area contributed by atoms with Crippen molar-refractivity contribution in [1.29, 1.82) is 0 Å². The average Bonchev–Trinajstić information content (AvgIpc) is 2.70. The molecule has 2 aromatic rings. The zero-order valence-corrected chi connectivity index (χ0v) is 13.0. The smallest absolute Gasteiger partial charge is 0.0841 e. The van der Waals surface area contributed by atoms with Crippen LogP contribution in [-0.2, 0) is 13.6 Å². The summed E-state index contributed by atoms with van der Waals surface area (Å²) in [6, 6.07) is 6.98. The summed E-state index contributed by atoms with van der Waals surface area (Å²) in [4.78, 5) is 0. The number of fused-ring (bicyclic) bond motifs is 1. The zero-order valence-electron chi connectivity index (χ0n) is 13.0. The molecule has 3 heteroatoms. The van der Waals surface area contributed by atoms with Crippen molar-refractivity contribution in [3.63, 3.8) is 0 Å². The quantitative estimate of drug-likeness (QED) is 0.812. The second-order valence-electron chi connectivity index (χ2n) is 5.87. The van der Waals surface area contributed by atoms with Crippen LogP contribution in [-0.4, -0.2) is 15.8 Å². The van der Waals surface area contributed by atoms with E-state index in [1.807, 2.05) is 11.7 Å². The summed E-state index contributed by atoms with van der Waals surface area (Å²) in [7, 11) is 2.01. The van der Waals surface area contributed by atoms with Gasteiger partial charge in [-0.1, -0.05) is 17.2 Å². The molecular formula is C17H25N3. The van der Waals surface area contributed by atoms with Gasteiger partial charge < -0.3 is 5.32 Å². The molecule has 0 spiro atoms. The van der Waals surface area contributed by atoms with Crippen molar-refractivity contribution in [2.45, 2.75) is 46.2 Å². The van der Waals surface area contributed by atoms with E-state index < -0.39 is 0 Å². The van der Waals surface area contributed by atoms with Gasteiger partial charge in [0.05, 0.1) is 11.2 Å². The number of allylic oxidation sites excluding steroid dienone is 1. The number of benzene rings is 1. The molecule has 0 saturated carbocycles. The number of aryl methyl sites for hydroxylation is 2. The topological polar surface area (TPSA) is 29.9 Å². The van der Waals surface area contributed by atoms with Gasteiger partial charge in [-0.05, 0) is 45.7 Å². The van der Waals surface area contributed by atoms with Crippen LogP contribution >= 0.6 is 0 Å². The van der Waals surface area contributed by atoms with Crippen molar-refractivity contribution >= 4 is 10.9 Å². The molecule has 0 aliphatic rings. The van der Waals surface area contributed by atoms with Gasteiger partial charge in [0.2, 0.25) is 0 Å². The van der Waals surface area contributed by atoms with Crippen LogP contribution in [0.2, 0.25) is 0 Å². The summed E-state index contributed by atoms with van der Waals surface area (Å²) in [6.07, 6.45) is 2.20. The van der Waals surface area contributed by atoms with Gasteiger partial charge >= 0.3 is 0 Å². The fourth-order valence-electron chi connectivity index (χ4n) is 2.42. The van der Waals surface area contributed by atoms with E-state index in [1.165, 1.54) is 22.0 Å². The molecule has 0 bridgehead atoms. The highest BCUT2D eigenvalue weighted by Crippen LogP contribution is 2.19. The van der Waals surface area contributed by atoms with Crippen LogP contribution in [0.15, 0.2) is 30.4 Å². The molecule has 1 heterocycles. The SMILES string of the molecule is C=C(C)CCC(C)NCc1nn(C)c2ccc(C)cc12. The Morgan fingerprint density at radius 3 is 2.90 bits per heavy atom. The van der Waals surface area contributed by atoms with E-state index in [2.05, 4.69) is 56.0 Å². The van der Waals surface area contributed by atoms with Crippen LogP contribution in [0.4, 0.5) is 0 Å². The highest BCUT2D eigenvalue weighted by molar-refractivity contribution is 5.82. The molecule has 1 N–H and O–H groups in total. The lowest BCUT2D eigenvalue weighted by molar-refractivity contribution is 0.507. The van der Waals surface area contributed by atoms with Crippen molar-refractivity contribution in [1.82, 2.24) is 15.1 Å². The molecular weight excluding hydrogens is 246 g/mol. The Balaban J connectivity index is 2.06. The number of nitrogens with zero attached hydrogens (tertiary/aromatic N) is 2. The second kappa shape index (κ2) is 6.23.